The molecule has 1 heterocycles. The minimum Gasteiger partial charge on any atom is -0.459 e. The highest BCUT2D eigenvalue weighted by Gasteiger charge is 2.20. The molecule has 27 heavy (non-hydrogen) atoms. The molecule has 0 bridgehead atoms. The van der Waals surface area contributed by atoms with E-state index < -0.39 is 10.0 Å². The zero-order valence-electron chi connectivity index (χ0n) is 15.9. The van der Waals surface area contributed by atoms with Crippen LogP contribution in [0.1, 0.15) is 25.0 Å². The topological polar surface area (TPSA) is 86.9 Å². The highest BCUT2D eigenvalue weighted by Crippen LogP contribution is 2.25. The molecule has 1 aliphatic rings. The van der Waals surface area contributed by atoms with Crippen molar-refractivity contribution in [3.63, 3.8) is 0 Å². The van der Waals surface area contributed by atoms with E-state index in [1.54, 1.807) is 7.05 Å². The summed E-state index contributed by atoms with van der Waals surface area (Å²) in [4.78, 5) is 6.14. The van der Waals surface area contributed by atoms with Crippen LogP contribution in [0, 0.1) is 5.92 Å². The molecule has 0 radical (unpaired) electrons. The van der Waals surface area contributed by atoms with Crippen LogP contribution >= 0.6 is 0 Å². The second-order valence-corrected chi connectivity index (χ2v) is 8.97. The first-order valence-corrected chi connectivity index (χ1v) is 11.0. The highest BCUT2D eigenvalue weighted by atomic mass is 32.2. The lowest BCUT2D eigenvalue weighted by molar-refractivity contribution is 0.316. The minimum atomic E-state index is -3.26. The molecular formula is C19H28N4O3S. The van der Waals surface area contributed by atoms with Crippen molar-refractivity contribution in [1.29, 1.82) is 0 Å². The fourth-order valence-electron chi connectivity index (χ4n) is 3.12. The Labute approximate surface area is 160 Å². The second kappa shape index (κ2) is 8.75. The fourth-order valence-corrected chi connectivity index (χ4v) is 4.12. The van der Waals surface area contributed by atoms with E-state index in [0.29, 0.717) is 31.5 Å². The van der Waals surface area contributed by atoms with Crippen molar-refractivity contribution in [2.45, 2.75) is 25.8 Å². The van der Waals surface area contributed by atoms with Crippen molar-refractivity contribution < 1.29 is 12.8 Å². The number of para-hydroxylation sites is 1. The lowest BCUT2D eigenvalue weighted by atomic mass is 9.86. The van der Waals surface area contributed by atoms with Gasteiger partial charge in [-0.05, 0) is 30.9 Å². The van der Waals surface area contributed by atoms with Gasteiger partial charge in [0.2, 0.25) is 10.0 Å². The van der Waals surface area contributed by atoms with Crippen molar-refractivity contribution in [2.75, 3.05) is 32.9 Å². The van der Waals surface area contributed by atoms with Gasteiger partial charge in [-0.1, -0.05) is 24.6 Å². The monoisotopic (exact) mass is 392 g/mol. The van der Waals surface area contributed by atoms with E-state index in [1.165, 1.54) is 6.42 Å². The number of fused-ring (bicyclic) bond motifs is 1. The van der Waals surface area contributed by atoms with Crippen molar-refractivity contribution in [3.05, 3.63) is 36.1 Å². The number of nitrogens with one attached hydrogen (secondary N) is 2. The molecule has 0 atom stereocenters. The lowest BCUT2D eigenvalue weighted by Gasteiger charge is -2.25. The van der Waals surface area contributed by atoms with Gasteiger partial charge in [-0.25, -0.2) is 13.1 Å². The summed E-state index contributed by atoms with van der Waals surface area (Å²) in [5.41, 5.74) is 0.854. The van der Waals surface area contributed by atoms with Crippen LogP contribution < -0.4 is 10.0 Å². The minimum absolute atomic E-state index is 0.0250. The summed E-state index contributed by atoms with van der Waals surface area (Å²) in [6.07, 6.45) is 3.46. The van der Waals surface area contributed by atoms with Crippen LogP contribution in [0.2, 0.25) is 0 Å². The molecule has 8 heteroatoms. The Morgan fingerprint density at radius 1 is 1.33 bits per heavy atom. The second-order valence-electron chi connectivity index (χ2n) is 7.04. The van der Waals surface area contributed by atoms with Crippen LogP contribution in [0.15, 0.2) is 39.7 Å². The van der Waals surface area contributed by atoms with E-state index in [2.05, 4.69) is 15.0 Å². The third-order valence-corrected chi connectivity index (χ3v) is 6.26. The Balaban J connectivity index is 1.47. The SMILES string of the molecule is CN=C(NCCS(=O)(=O)NCC1CCC1)N(C)Cc1cc2ccccc2o1. The number of benzene rings is 1. The van der Waals surface area contributed by atoms with Gasteiger partial charge in [0.15, 0.2) is 5.96 Å². The number of hydrogen-bond donors (Lipinski definition) is 2. The number of aliphatic imine (C=N–C) groups is 1. The van der Waals surface area contributed by atoms with Crippen molar-refractivity contribution in [1.82, 2.24) is 14.9 Å². The number of furan rings is 1. The lowest BCUT2D eigenvalue weighted by Crippen LogP contribution is -2.42. The van der Waals surface area contributed by atoms with E-state index in [-0.39, 0.29) is 5.75 Å². The molecule has 1 fully saturated rings. The maximum absolute atomic E-state index is 12.1. The molecule has 7 nitrogen and oxygen atoms in total. The standard InChI is InChI=1S/C19H28N4O3S/c1-20-19(21-10-11-27(24,25)22-13-15-6-5-7-15)23(2)14-17-12-16-8-3-4-9-18(16)26-17/h3-4,8-9,12,15,22H,5-7,10-11,13-14H2,1-2H3,(H,20,21). The Morgan fingerprint density at radius 2 is 2.11 bits per heavy atom. The van der Waals surface area contributed by atoms with Crippen LogP contribution in [0.25, 0.3) is 11.0 Å². The van der Waals surface area contributed by atoms with Gasteiger partial charge >= 0.3 is 0 Å². The maximum atomic E-state index is 12.1. The summed E-state index contributed by atoms with van der Waals surface area (Å²) in [6.45, 7) is 1.40. The van der Waals surface area contributed by atoms with Crippen molar-refractivity contribution in [2.24, 2.45) is 10.9 Å². The predicted molar refractivity (Wildman–Crippen MR) is 108 cm³/mol. The summed E-state index contributed by atoms with van der Waals surface area (Å²) >= 11 is 0. The van der Waals surface area contributed by atoms with Gasteiger partial charge in [-0.3, -0.25) is 4.99 Å². The van der Waals surface area contributed by atoms with Crippen LogP contribution in [0.5, 0.6) is 0 Å². The first kappa shape index (κ1) is 19.7. The molecule has 0 unspecified atom stereocenters. The highest BCUT2D eigenvalue weighted by molar-refractivity contribution is 7.89. The van der Waals surface area contributed by atoms with Gasteiger partial charge in [0.25, 0.3) is 0 Å². The number of guanidine groups is 1. The van der Waals surface area contributed by atoms with Crippen molar-refractivity contribution in [3.8, 4) is 0 Å². The Hall–Kier alpha value is -2.06. The molecule has 1 aliphatic carbocycles. The van der Waals surface area contributed by atoms with Gasteiger partial charge in [0.05, 0.1) is 12.3 Å². The molecule has 0 spiro atoms. The van der Waals surface area contributed by atoms with E-state index in [9.17, 15) is 8.42 Å². The Morgan fingerprint density at radius 3 is 2.78 bits per heavy atom. The fraction of sp³-hybridized carbons (Fsp3) is 0.526. The van der Waals surface area contributed by atoms with E-state index in [4.69, 9.17) is 4.42 Å². The first-order chi connectivity index (χ1) is 13.0. The summed E-state index contributed by atoms with van der Waals surface area (Å²) in [5, 5.41) is 4.17. The first-order valence-electron chi connectivity index (χ1n) is 9.33. The number of hydrogen-bond acceptors (Lipinski definition) is 4. The molecule has 1 aromatic carbocycles. The van der Waals surface area contributed by atoms with E-state index in [0.717, 1.165) is 29.6 Å². The number of rotatable bonds is 8. The molecule has 148 valence electrons. The number of nitrogens with zero attached hydrogens (tertiary/aromatic N) is 2. The van der Waals surface area contributed by atoms with Crippen molar-refractivity contribution >= 4 is 27.0 Å². The molecule has 2 N–H and O–H groups in total. The zero-order chi connectivity index (χ0) is 19.3. The van der Waals surface area contributed by atoms with Crippen LogP contribution in [-0.2, 0) is 16.6 Å². The van der Waals surface area contributed by atoms with Gasteiger partial charge < -0.3 is 14.6 Å². The normalized spacial score (nSPS) is 15.7. The largest absolute Gasteiger partial charge is 0.459 e. The smallest absolute Gasteiger partial charge is 0.213 e. The molecule has 0 amide bonds. The molecule has 1 saturated carbocycles. The Kier molecular flexibility index (Phi) is 6.38. The van der Waals surface area contributed by atoms with Gasteiger partial charge in [0.1, 0.15) is 11.3 Å². The van der Waals surface area contributed by atoms with E-state index >= 15 is 0 Å². The molecule has 0 saturated heterocycles. The third kappa shape index (κ3) is 5.46. The zero-order valence-corrected chi connectivity index (χ0v) is 16.8. The van der Waals surface area contributed by atoms with Crippen LogP contribution in [0.4, 0.5) is 0 Å². The molecule has 1 aromatic heterocycles. The quantitative estimate of drug-likeness (QED) is 0.531. The average molecular weight is 393 g/mol. The van der Waals surface area contributed by atoms with Crippen LogP contribution in [-0.4, -0.2) is 52.2 Å². The van der Waals surface area contributed by atoms with Crippen LogP contribution in [0.3, 0.4) is 0 Å². The van der Waals surface area contributed by atoms with Gasteiger partial charge in [-0.15, -0.1) is 0 Å². The summed E-state index contributed by atoms with van der Waals surface area (Å²) < 4.78 is 32.7. The summed E-state index contributed by atoms with van der Waals surface area (Å²) in [5.74, 6) is 1.99. The number of sulfonamides is 1. The maximum Gasteiger partial charge on any atom is 0.213 e. The van der Waals surface area contributed by atoms with Gasteiger partial charge in [-0.2, -0.15) is 0 Å². The third-order valence-electron chi connectivity index (χ3n) is 4.91. The molecule has 2 aromatic rings. The predicted octanol–water partition coefficient (Wildman–Crippen LogP) is 2.16. The summed E-state index contributed by atoms with van der Waals surface area (Å²) in [6, 6.07) is 9.88. The average Bonchev–Trinajstić information content (AvgIpc) is 2.99. The summed E-state index contributed by atoms with van der Waals surface area (Å²) in [7, 11) is 0.313. The molecule has 3 rings (SSSR count). The van der Waals surface area contributed by atoms with Gasteiger partial charge in [0, 0.05) is 32.6 Å². The Bertz CT molecular complexity index is 854. The van der Waals surface area contributed by atoms with E-state index in [1.807, 2.05) is 42.3 Å². The molecule has 0 aliphatic heterocycles. The molecular weight excluding hydrogens is 364 g/mol.